The van der Waals surface area contributed by atoms with E-state index in [2.05, 4.69) is 76.6 Å². The van der Waals surface area contributed by atoms with Crippen LogP contribution in [0, 0.1) is 0 Å². The zero-order valence-electron chi connectivity index (χ0n) is 19.5. The van der Waals surface area contributed by atoms with E-state index in [0.29, 0.717) is 0 Å². The number of hydrogen-bond acceptors (Lipinski definition) is 10. The van der Waals surface area contributed by atoms with E-state index in [1.807, 2.05) is 0 Å². The predicted molar refractivity (Wildman–Crippen MR) is 134 cm³/mol. The first kappa shape index (κ1) is 25.1. The lowest BCUT2D eigenvalue weighted by Gasteiger charge is -2.33. The Labute approximate surface area is 193 Å². The zero-order valence-corrected chi connectivity index (χ0v) is 19.5. The summed E-state index contributed by atoms with van der Waals surface area (Å²) in [6, 6.07) is 8.74. The fourth-order valence-electron chi connectivity index (χ4n) is 3.87. The second-order valence-corrected chi connectivity index (χ2v) is 8.20. The minimum Gasteiger partial charge on any atom is -0.344 e. The van der Waals surface area contributed by atoms with E-state index in [4.69, 9.17) is 0 Å². The molecule has 0 bridgehead atoms. The third-order valence-electron chi connectivity index (χ3n) is 5.65. The van der Waals surface area contributed by atoms with Gasteiger partial charge in [0.1, 0.15) is 0 Å². The molecule has 0 unspecified atom stereocenters. The Kier molecular flexibility index (Phi) is 12.7. The first-order chi connectivity index (χ1) is 15.9. The summed E-state index contributed by atoms with van der Waals surface area (Å²) in [5.41, 5.74) is 2.49. The molecule has 2 aliphatic rings. The first-order valence-corrected chi connectivity index (χ1v) is 12.2. The minimum atomic E-state index is 0.807. The molecule has 2 heterocycles. The molecule has 0 aromatic heterocycles. The van der Waals surface area contributed by atoms with Gasteiger partial charge in [-0.25, -0.2) is 0 Å². The normalized spacial score (nSPS) is 22.4. The van der Waals surface area contributed by atoms with Crippen LogP contribution in [0.25, 0.3) is 0 Å². The molecule has 10 nitrogen and oxygen atoms in total. The van der Waals surface area contributed by atoms with Gasteiger partial charge in [-0.2, -0.15) is 0 Å². The number of anilines is 2. The van der Waals surface area contributed by atoms with Gasteiger partial charge >= 0.3 is 0 Å². The quantitative estimate of drug-likeness (QED) is 0.256. The van der Waals surface area contributed by atoms with Crippen molar-refractivity contribution in [1.82, 2.24) is 42.5 Å². The Morgan fingerprint density at radius 1 is 0.375 bits per heavy atom. The van der Waals surface area contributed by atoms with Crippen LogP contribution in [0.3, 0.4) is 0 Å². The summed E-state index contributed by atoms with van der Waals surface area (Å²) in [5, 5.41) is 28.3. The maximum Gasteiger partial charge on any atom is 0.0696 e. The molecule has 0 spiro atoms. The van der Waals surface area contributed by atoms with Gasteiger partial charge in [0.15, 0.2) is 0 Å². The van der Waals surface area contributed by atoms with Crippen molar-refractivity contribution in [2.45, 2.75) is 0 Å². The van der Waals surface area contributed by atoms with Crippen molar-refractivity contribution in [3.05, 3.63) is 24.3 Å². The van der Waals surface area contributed by atoms with Gasteiger partial charge in [0.2, 0.25) is 0 Å². The molecular formula is C22H44N10. The van der Waals surface area contributed by atoms with Crippen LogP contribution in [0.15, 0.2) is 24.3 Å². The highest BCUT2D eigenvalue weighted by Gasteiger charge is 2.16. The van der Waals surface area contributed by atoms with Crippen LogP contribution in [-0.2, 0) is 0 Å². The fourth-order valence-corrected chi connectivity index (χ4v) is 3.87. The topological polar surface area (TPSA) is 103 Å². The van der Waals surface area contributed by atoms with Crippen molar-refractivity contribution >= 4 is 11.4 Å². The van der Waals surface area contributed by atoms with Crippen molar-refractivity contribution in [2.75, 3.05) is 115 Å². The van der Waals surface area contributed by atoms with Gasteiger partial charge in [0.25, 0.3) is 0 Å². The molecule has 0 amide bonds. The third kappa shape index (κ3) is 9.55. The van der Waals surface area contributed by atoms with E-state index in [1.54, 1.807) is 0 Å². The number of nitrogens with zero attached hydrogens (tertiary/aromatic N) is 2. The number of nitrogens with one attached hydrogen (secondary N) is 8. The van der Waals surface area contributed by atoms with Crippen LogP contribution in [0.5, 0.6) is 0 Å². The number of hydrogen-bond donors (Lipinski definition) is 8. The van der Waals surface area contributed by atoms with Crippen molar-refractivity contribution in [3.8, 4) is 0 Å². The highest BCUT2D eigenvalue weighted by atomic mass is 15.3. The van der Waals surface area contributed by atoms with Gasteiger partial charge in [0.05, 0.1) is 38.0 Å². The summed E-state index contributed by atoms with van der Waals surface area (Å²) >= 11 is 0. The third-order valence-corrected chi connectivity index (χ3v) is 5.65. The molecule has 1 aromatic carbocycles. The largest absolute Gasteiger partial charge is 0.344 e. The molecule has 0 saturated carbocycles. The number of rotatable bonds is 2. The Bertz CT molecular complexity index is 523. The maximum atomic E-state index is 3.60. The molecule has 1 aromatic rings. The summed E-state index contributed by atoms with van der Waals surface area (Å²) in [7, 11) is 0. The first-order valence-electron chi connectivity index (χ1n) is 12.2. The summed E-state index contributed by atoms with van der Waals surface area (Å²) in [6.45, 7) is 15.0. The van der Waals surface area contributed by atoms with Crippen LogP contribution in [-0.4, -0.2) is 105 Å². The summed E-state index contributed by atoms with van der Waals surface area (Å²) in [5.74, 6) is 0. The minimum absolute atomic E-state index is 0.807. The van der Waals surface area contributed by atoms with E-state index in [9.17, 15) is 0 Å². The molecule has 182 valence electrons. The van der Waals surface area contributed by atoms with Crippen LogP contribution in [0.4, 0.5) is 11.4 Å². The smallest absolute Gasteiger partial charge is 0.0696 e. The summed E-state index contributed by atoms with van der Waals surface area (Å²) < 4.78 is 0. The lowest BCUT2D eigenvalue weighted by molar-refractivity contribution is 0.574. The summed E-state index contributed by atoms with van der Waals surface area (Å²) in [4.78, 5) is 4.80. The molecule has 8 N–H and O–H groups in total. The highest BCUT2D eigenvalue weighted by Crippen LogP contribution is 2.28. The molecule has 3 rings (SSSR count). The Balaban J connectivity index is 1.69. The zero-order chi connectivity index (χ0) is 22.1. The molecule has 2 aliphatic heterocycles. The van der Waals surface area contributed by atoms with Gasteiger partial charge in [-0.15, -0.1) is 0 Å². The van der Waals surface area contributed by atoms with Crippen molar-refractivity contribution in [2.24, 2.45) is 0 Å². The lowest BCUT2D eigenvalue weighted by atomic mass is 10.2. The number of benzene rings is 1. The SMILES string of the molecule is c1ccc(N2CNCCNCCNCCNC2)c(N2CNCCNCCNCCNC2)c1. The molecular weight excluding hydrogens is 404 g/mol. The Hall–Kier alpha value is -1.50. The van der Waals surface area contributed by atoms with Gasteiger partial charge < -0.3 is 31.1 Å². The molecule has 0 aliphatic carbocycles. The van der Waals surface area contributed by atoms with Gasteiger partial charge in [-0.3, -0.25) is 21.3 Å². The van der Waals surface area contributed by atoms with Crippen molar-refractivity contribution in [1.29, 1.82) is 0 Å². The highest BCUT2D eigenvalue weighted by molar-refractivity contribution is 5.71. The molecule has 32 heavy (non-hydrogen) atoms. The molecule has 2 saturated heterocycles. The van der Waals surface area contributed by atoms with Crippen LogP contribution >= 0.6 is 0 Å². The molecule has 0 atom stereocenters. The second-order valence-electron chi connectivity index (χ2n) is 8.20. The summed E-state index contributed by atoms with van der Waals surface area (Å²) in [6.07, 6.45) is 0. The van der Waals surface area contributed by atoms with Crippen LogP contribution < -0.4 is 52.3 Å². The predicted octanol–water partition coefficient (Wildman–Crippen LogP) is -2.13. The van der Waals surface area contributed by atoms with Crippen molar-refractivity contribution < 1.29 is 0 Å². The molecule has 10 heteroatoms. The Morgan fingerprint density at radius 3 is 0.906 bits per heavy atom. The lowest BCUT2D eigenvalue weighted by Crippen LogP contribution is -2.46. The van der Waals surface area contributed by atoms with Gasteiger partial charge in [-0.1, -0.05) is 12.1 Å². The van der Waals surface area contributed by atoms with E-state index < -0.39 is 0 Å². The van der Waals surface area contributed by atoms with Gasteiger partial charge in [-0.05, 0) is 12.1 Å². The molecule has 0 radical (unpaired) electrons. The average molecular weight is 449 g/mol. The van der Waals surface area contributed by atoms with E-state index in [-0.39, 0.29) is 0 Å². The fraction of sp³-hybridized carbons (Fsp3) is 0.727. The van der Waals surface area contributed by atoms with E-state index >= 15 is 0 Å². The van der Waals surface area contributed by atoms with Crippen molar-refractivity contribution in [3.63, 3.8) is 0 Å². The van der Waals surface area contributed by atoms with Gasteiger partial charge in [0, 0.05) is 78.5 Å². The monoisotopic (exact) mass is 448 g/mol. The standard InChI is InChI=1S/C22H44N10/c1-2-4-22(32-19-29-15-11-25-7-8-26-12-16-30-20-32)21(3-1)31-17-27-13-9-23-5-6-24-10-14-28-18-31/h1-4,23-30H,5-20H2. The van der Waals surface area contributed by atoms with E-state index in [0.717, 1.165) is 105 Å². The Morgan fingerprint density at radius 2 is 0.625 bits per heavy atom. The average Bonchev–Trinajstić information content (AvgIpc) is 2.87. The second kappa shape index (κ2) is 16.2. The molecule has 2 fully saturated rings. The van der Waals surface area contributed by atoms with Crippen LogP contribution in [0.1, 0.15) is 0 Å². The van der Waals surface area contributed by atoms with E-state index in [1.165, 1.54) is 11.4 Å². The maximum absolute atomic E-state index is 3.60. The van der Waals surface area contributed by atoms with Crippen LogP contribution in [0.2, 0.25) is 0 Å². The number of para-hydroxylation sites is 2.